The Balaban J connectivity index is 2.16. The van der Waals surface area contributed by atoms with Crippen molar-refractivity contribution < 1.29 is 13.2 Å². The van der Waals surface area contributed by atoms with Crippen molar-refractivity contribution >= 4 is 11.8 Å². The van der Waals surface area contributed by atoms with Crippen molar-refractivity contribution in [3.63, 3.8) is 0 Å². The van der Waals surface area contributed by atoms with Crippen LogP contribution in [0.5, 0.6) is 0 Å². The summed E-state index contributed by atoms with van der Waals surface area (Å²) in [7, 11) is 0. The van der Waals surface area contributed by atoms with Crippen LogP contribution in [-0.2, 0) is 19.3 Å². The van der Waals surface area contributed by atoms with Gasteiger partial charge in [-0.05, 0) is 6.92 Å². The summed E-state index contributed by atoms with van der Waals surface area (Å²) in [5.74, 6) is 0.119. The van der Waals surface area contributed by atoms with Crippen molar-refractivity contribution in [3.05, 3.63) is 23.9 Å². The number of nitrogens with two attached hydrogens (primary N) is 1. The third kappa shape index (κ3) is 3.13. The molecule has 0 bridgehead atoms. The van der Waals surface area contributed by atoms with Crippen LogP contribution in [0.3, 0.4) is 0 Å². The van der Waals surface area contributed by atoms with E-state index in [2.05, 4.69) is 25.5 Å². The van der Waals surface area contributed by atoms with Gasteiger partial charge in [0, 0.05) is 12.6 Å². The molecule has 3 N–H and O–H groups in total. The highest BCUT2D eigenvalue weighted by molar-refractivity contribution is 5.41. The minimum absolute atomic E-state index is 0.0181. The molecule has 2 heterocycles. The van der Waals surface area contributed by atoms with Crippen LogP contribution in [-0.4, -0.2) is 24.7 Å². The van der Waals surface area contributed by atoms with Gasteiger partial charge < -0.3 is 15.6 Å². The maximum atomic E-state index is 12.6. The number of aromatic nitrogens is 5. The van der Waals surface area contributed by atoms with Crippen molar-refractivity contribution in [1.29, 1.82) is 0 Å². The van der Waals surface area contributed by atoms with Crippen LogP contribution in [0, 0.1) is 0 Å². The second-order valence-electron chi connectivity index (χ2n) is 3.88. The fourth-order valence-electron chi connectivity index (χ4n) is 1.55. The highest BCUT2D eigenvalue weighted by Crippen LogP contribution is 2.29. The lowest BCUT2D eigenvalue weighted by molar-refractivity contribution is -0.141. The fraction of sp³-hybridized carbons (Fsp3) is 0.400. The third-order valence-electron chi connectivity index (χ3n) is 2.50. The summed E-state index contributed by atoms with van der Waals surface area (Å²) in [5.41, 5.74) is 4.17. The molecule has 0 saturated carbocycles. The van der Waals surface area contributed by atoms with Crippen molar-refractivity contribution in [1.82, 2.24) is 24.7 Å². The molecule has 108 valence electrons. The molecule has 0 radical (unpaired) electrons. The predicted octanol–water partition coefficient (Wildman–Crippen LogP) is 1.30. The first kappa shape index (κ1) is 14.0. The quantitative estimate of drug-likeness (QED) is 0.880. The van der Waals surface area contributed by atoms with Gasteiger partial charge >= 0.3 is 6.18 Å². The highest BCUT2D eigenvalue weighted by Gasteiger charge is 2.33. The van der Waals surface area contributed by atoms with Crippen LogP contribution in [0.25, 0.3) is 0 Å². The SMILES string of the molecule is CCn1cnnc1CNc1cc(C(F)(F)F)nc(N)n1. The second kappa shape index (κ2) is 5.31. The van der Waals surface area contributed by atoms with Gasteiger partial charge in [-0.15, -0.1) is 10.2 Å². The summed E-state index contributed by atoms with van der Waals surface area (Å²) in [6.07, 6.45) is -3.04. The number of anilines is 2. The Kier molecular flexibility index (Phi) is 3.72. The number of alkyl halides is 3. The monoisotopic (exact) mass is 287 g/mol. The zero-order chi connectivity index (χ0) is 14.8. The molecule has 2 aromatic heterocycles. The van der Waals surface area contributed by atoms with Crippen molar-refractivity contribution in [2.24, 2.45) is 0 Å². The van der Waals surface area contributed by atoms with E-state index in [1.54, 1.807) is 4.57 Å². The van der Waals surface area contributed by atoms with E-state index < -0.39 is 17.8 Å². The molecule has 0 atom stereocenters. The molecule has 0 aromatic carbocycles. The molecule has 10 heteroatoms. The molecule has 0 spiro atoms. The van der Waals surface area contributed by atoms with Gasteiger partial charge in [-0.2, -0.15) is 18.2 Å². The van der Waals surface area contributed by atoms with Crippen LogP contribution in [0.15, 0.2) is 12.4 Å². The first-order valence-electron chi connectivity index (χ1n) is 5.72. The molecule has 20 heavy (non-hydrogen) atoms. The summed E-state index contributed by atoms with van der Waals surface area (Å²) in [6.45, 7) is 2.74. The average molecular weight is 287 g/mol. The van der Waals surface area contributed by atoms with E-state index in [9.17, 15) is 13.2 Å². The topological polar surface area (TPSA) is 94.5 Å². The molecule has 2 rings (SSSR count). The number of halogens is 3. The number of rotatable bonds is 4. The standard InChI is InChI=1S/C10H12F3N7/c1-2-20-5-16-19-8(20)4-15-7-3-6(10(11,12)13)17-9(14)18-7/h3,5H,2,4H2,1H3,(H3,14,15,17,18). The third-order valence-corrected chi connectivity index (χ3v) is 2.50. The molecule has 0 fully saturated rings. The first-order chi connectivity index (χ1) is 9.40. The largest absolute Gasteiger partial charge is 0.433 e. The number of nitrogen functional groups attached to an aromatic ring is 1. The van der Waals surface area contributed by atoms with E-state index >= 15 is 0 Å². The summed E-state index contributed by atoms with van der Waals surface area (Å²) in [6, 6.07) is 0.795. The summed E-state index contributed by atoms with van der Waals surface area (Å²) in [5, 5.41) is 10.3. The van der Waals surface area contributed by atoms with Crippen LogP contribution in [0.4, 0.5) is 24.9 Å². The molecule has 0 aliphatic carbocycles. The maximum absolute atomic E-state index is 12.6. The maximum Gasteiger partial charge on any atom is 0.433 e. The lowest BCUT2D eigenvalue weighted by atomic mass is 10.3. The smallest absolute Gasteiger partial charge is 0.368 e. The molecule has 0 amide bonds. The normalized spacial score (nSPS) is 11.6. The molecule has 0 aliphatic rings. The van der Waals surface area contributed by atoms with Crippen molar-refractivity contribution in [3.8, 4) is 0 Å². The van der Waals surface area contributed by atoms with Gasteiger partial charge in [-0.25, -0.2) is 4.98 Å². The lowest BCUT2D eigenvalue weighted by Gasteiger charge is -2.10. The number of aryl methyl sites for hydroxylation is 1. The Morgan fingerprint density at radius 2 is 2.10 bits per heavy atom. The Hall–Kier alpha value is -2.39. The van der Waals surface area contributed by atoms with E-state index in [1.165, 1.54) is 6.33 Å². The molecule has 2 aromatic rings. The highest BCUT2D eigenvalue weighted by atomic mass is 19.4. The van der Waals surface area contributed by atoms with Crippen LogP contribution in [0.1, 0.15) is 18.4 Å². The zero-order valence-electron chi connectivity index (χ0n) is 10.5. The van der Waals surface area contributed by atoms with Gasteiger partial charge in [0.15, 0.2) is 11.5 Å². The van der Waals surface area contributed by atoms with Crippen molar-refractivity contribution in [2.45, 2.75) is 26.2 Å². The minimum atomic E-state index is -4.57. The minimum Gasteiger partial charge on any atom is -0.368 e. The van der Waals surface area contributed by atoms with Gasteiger partial charge in [0.1, 0.15) is 12.1 Å². The summed E-state index contributed by atoms with van der Waals surface area (Å²) in [4.78, 5) is 6.85. The molecule has 0 aliphatic heterocycles. The lowest BCUT2D eigenvalue weighted by Crippen LogP contribution is -2.14. The average Bonchev–Trinajstić information content (AvgIpc) is 2.82. The molecular weight excluding hydrogens is 275 g/mol. The Labute approximate surface area is 112 Å². The predicted molar refractivity (Wildman–Crippen MR) is 64.5 cm³/mol. The van der Waals surface area contributed by atoms with E-state index in [-0.39, 0.29) is 12.4 Å². The zero-order valence-corrected chi connectivity index (χ0v) is 10.5. The van der Waals surface area contributed by atoms with E-state index in [1.807, 2.05) is 6.92 Å². The summed E-state index contributed by atoms with van der Waals surface area (Å²) < 4.78 is 39.5. The number of hydrogen-bond donors (Lipinski definition) is 2. The van der Waals surface area contributed by atoms with E-state index in [0.717, 1.165) is 6.07 Å². The Bertz CT molecular complexity index is 593. The van der Waals surface area contributed by atoms with Crippen molar-refractivity contribution in [2.75, 3.05) is 11.1 Å². The fourth-order valence-corrected chi connectivity index (χ4v) is 1.55. The summed E-state index contributed by atoms with van der Waals surface area (Å²) >= 11 is 0. The van der Waals surface area contributed by atoms with Gasteiger partial charge in [0.25, 0.3) is 0 Å². The molecule has 0 unspecified atom stereocenters. The number of hydrogen-bond acceptors (Lipinski definition) is 6. The van der Waals surface area contributed by atoms with E-state index in [0.29, 0.717) is 12.4 Å². The van der Waals surface area contributed by atoms with Crippen LogP contribution < -0.4 is 11.1 Å². The van der Waals surface area contributed by atoms with Gasteiger partial charge in [-0.1, -0.05) is 0 Å². The molecule has 7 nitrogen and oxygen atoms in total. The Morgan fingerprint density at radius 3 is 2.75 bits per heavy atom. The molecule has 0 saturated heterocycles. The van der Waals surface area contributed by atoms with Gasteiger partial charge in [-0.3, -0.25) is 0 Å². The van der Waals surface area contributed by atoms with Crippen LogP contribution in [0.2, 0.25) is 0 Å². The molecular formula is C10H12F3N7. The van der Waals surface area contributed by atoms with E-state index in [4.69, 9.17) is 5.73 Å². The van der Waals surface area contributed by atoms with Crippen LogP contribution >= 0.6 is 0 Å². The number of nitrogens with one attached hydrogen (secondary N) is 1. The first-order valence-corrected chi connectivity index (χ1v) is 5.72. The Morgan fingerprint density at radius 1 is 1.35 bits per heavy atom. The second-order valence-corrected chi connectivity index (χ2v) is 3.88. The van der Waals surface area contributed by atoms with Gasteiger partial charge in [0.2, 0.25) is 5.95 Å². The van der Waals surface area contributed by atoms with Gasteiger partial charge in [0.05, 0.1) is 6.54 Å². The number of nitrogens with zero attached hydrogens (tertiary/aromatic N) is 5.